The molecule has 4 nitrogen and oxygen atoms in total. The molecule has 18 heavy (non-hydrogen) atoms. The molecule has 1 aliphatic heterocycles. The summed E-state index contributed by atoms with van der Waals surface area (Å²) >= 11 is 3.43. The van der Waals surface area contributed by atoms with Gasteiger partial charge in [0.1, 0.15) is 5.69 Å². The minimum Gasteiger partial charge on any atom is -0.350 e. The summed E-state index contributed by atoms with van der Waals surface area (Å²) in [6.07, 6.45) is 3.10. The number of carbonyl (C=O) groups excluding carboxylic acids is 1. The van der Waals surface area contributed by atoms with Crippen LogP contribution in [0.4, 0.5) is 0 Å². The van der Waals surface area contributed by atoms with Gasteiger partial charge in [0.25, 0.3) is 5.91 Å². The monoisotopic (exact) mass is 313 g/mol. The minimum atomic E-state index is 0.0151. The van der Waals surface area contributed by atoms with Gasteiger partial charge < -0.3 is 15.2 Å². The summed E-state index contributed by atoms with van der Waals surface area (Å²) in [5.41, 5.74) is 0.725. The Kier molecular flexibility index (Phi) is 4.45. The van der Waals surface area contributed by atoms with Gasteiger partial charge in [0, 0.05) is 23.3 Å². The molecule has 1 atom stereocenters. The van der Waals surface area contributed by atoms with E-state index in [2.05, 4.69) is 40.4 Å². The molecule has 0 aliphatic carbocycles. The average Bonchev–Trinajstić information content (AvgIpc) is 2.94. The zero-order chi connectivity index (χ0) is 13.1. The third kappa shape index (κ3) is 3.14. The highest BCUT2D eigenvalue weighted by molar-refractivity contribution is 9.10. The molecule has 0 bridgehead atoms. The quantitative estimate of drug-likeness (QED) is 0.895. The lowest BCUT2D eigenvalue weighted by Gasteiger charge is -2.14. The van der Waals surface area contributed by atoms with Crippen molar-refractivity contribution in [3.63, 3.8) is 0 Å². The van der Waals surface area contributed by atoms with E-state index >= 15 is 0 Å². The first kappa shape index (κ1) is 13.6. The summed E-state index contributed by atoms with van der Waals surface area (Å²) in [6.45, 7) is 6.98. The maximum Gasteiger partial charge on any atom is 0.267 e. The van der Waals surface area contributed by atoms with Crippen LogP contribution in [0.15, 0.2) is 16.7 Å². The Morgan fingerprint density at radius 1 is 1.67 bits per heavy atom. The van der Waals surface area contributed by atoms with Crippen LogP contribution in [0.3, 0.4) is 0 Å². The van der Waals surface area contributed by atoms with E-state index in [-0.39, 0.29) is 11.9 Å². The summed E-state index contributed by atoms with van der Waals surface area (Å²) < 4.78 is 2.94. The number of nitrogens with one attached hydrogen (secondary N) is 2. The van der Waals surface area contributed by atoms with Crippen molar-refractivity contribution in [2.45, 2.75) is 26.3 Å². The van der Waals surface area contributed by atoms with E-state index in [0.29, 0.717) is 5.92 Å². The fourth-order valence-corrected chi connectivity index (χ4v) is 2.71. The van der Waals surface area contributed by atoms with Gasteiger partial charge in [-0.3, -0.25) is 4.79 Å². The highest BCUT2D eigenvalue weighted by atomic mass is 79.9. The molecule has 1 fully saturated rings. The van der Waals surface area contributed by atoms with E-state index in [1.54, 1.807) is 0 Å². The fourth-order valence-electron chi connectivity index (χ4n) is 2.27. The first-order valence-corrected chi connectivity index (χ1v) is 7.23. The third-order valence-electron chi connectivity index (χ3n) is 3.32. The van der Waals surface area contributed by atoms with Crippen LogP contribution in [0.5, 0.6) is 0 Å². The highest BCUT2D eigenvalue weighted by Crippen LogP contribution is 2.19. The Labute approximate surface area is 116 Å². The van der Waals surface area contributed by atoms with Crippen LogP contribution in [0.1, 0.15) is 36.8 Å². The van der Waals surface area contributed by atoms with Crippen LogP contribution in [-0.2, 0) is 0 Å². The van der Waals surface area contributed by atoms with Crippen molar-refractivity contribution in [1.82, 2.24) is 15.2 Å². The summed E-state index contributed by atoms with van der Waals surface area (Å²) in [6, 6.07) is 2.16. The third-order valence-corrected chi connectivity index (χ3v) is 3.75. The summed E-state index contributed by atoms with van der Waals surface area (Å²) in [5.74, 6) is 0.584. The molecule has 0 saturated carbocycles. The van der Waals surface area contributed by atoms with Crippen LogP contribution in [-0.4, -0.2) is 30.1 Å². The number of hydrogen-bond donors (Lipinski definition) is 2. The predicted octanol–water partition coefficient (Wildman–Crippen LogP) is 2.17. The van der Waals surface area contributed by atoms with Crippen LogP contribution in [0.25, 0.3) is 0 Å². The number of carbonyl (C=O) groups is 1. The Morgan fingerprint density at radius 3 is 3.06 bits per heavy atom. The zero-order valence-corrected chi connectivity index (χ0v) is 12.5. The summed E-state index contributed by atoms with van der Waals surface area (Å²) in [7, 11) is 0. The van der Waals surface area contributed by atoms with E-state index in [0.717, 1.165) is 36.2 Å². The Balaban J connectivity index is 1.99. The summed E-state index contributed by atoms with van der Waals surface area (Å²) in [5, 5.41) is 6.33. The molecule has 1 aromatic rings. The second-order valence-electron chi connectivity index (χ2n) is 5.11. The fraction of sp³-hybridized carbons (Fsp3) is 0.615. The number of rotatable bonds is 4. The number of nitrogens with zero attached hydrogens (tertiary/aromatic N) is 1. The van der Waals surface area contributed by atoms with Crippen molar-refractivity contribution in [2.75, 3.05) is 19.6 Å². The van der Waals surface area contributed by atoms with Gasteiger partial charge in [-0.2, -0.15) is 0 Å². The molecular weight excluding hydrogens is 294 g/mol. The van der Waals surface area contributed by atoms with Crippen molar-refractivity contribution in [2.24, 2.45) is 5.92 Å². The molecule has 0 aromatic carbocycles. The van der Waals surface area contributed by atoms with Crippen LogP contribution in [0.2, 0.25) is 0 Å². The standard InChI is InChI=1S/C13H20BrN3O/c1-9(2)17-8-11(14)5-12(17)13(18)16-7-10-3-4-15-6-10/h5,8-10,15H,3-4,6-7H2,1-2H3,(H,16,18). The molecular formula is C13H20BrN3O. The van der Waals surface area contributed by atoms with E-state index in [1.807, 2.05) is 16.8 Å². The Morgan fingerprint density at radius 2 is 2.44 bits per heavy atom. The van der Waals surface area contributed by atoms with Crippen molar-refractivity contribution in [3.05, 3.63) is 22.4 Å². The molecule has 1 aromatic heterocycles. The Hall–Kier alpha value is -0.810. The second kappa shape index (κ2) is 5.89. The van der Waals surface area contributed by atoms with Crippen molar-refractivity contribution in [3.8, 4) is 0 Å². The van der Waals surface area contributed by atoms with E-state index < -0.39 is 0 Å². The van der Waals surface area contributed by atoms with Crippen LogP contribution >= 0.6 is 15.9 Å². The molecule has 0 spiro atoms. The normalized spacial score (nSPS) is 19.4. The maximum atomic E-state index is 12.2. The largest absolute Gasteiger partial charge is 0.350 e. The lowest BCUT2D eigenvalue weighted by molar-refractivity contribution is 0.0937. The van der Waals surface area contributed by atoms with Gasteiger partial charge in [0.15, 0.2) is 0 Å². The maximum absolute atomic E-state index is 12.2. The Bertz CT molecular complexity index is 422. The molecule has 1 aliphatic rings. The van der Waals surface area contributed by atoms with Gasteiger partial charge >= 0.3 is 0 Å². The van der Waals surface area contributed by atoms with Crippen molar-refractivity contribution < 1.29 is 4.79 Å². The molecule has 2 N–H and O–H groups in total. The van der Waals surface area contributed by atoms with Crippen molar-refractivity contribution in [1.29, 1.82) is 0 Å². The first-order chi connectivity index (χ1) is 8.58. The van der Waals surface area contributed by atoms with Gasteiger partial charge in [0.05, 0.1) is 0 Å². The zero-order valence-electron chi connectivity index (χ0n) is 10.9. The number of hydrogen-bond acceptors (Lipinski definition) is 2. The second-order valence-corrected chi connectivity index (χ2v) is 6.03. The van der Waals surface area contributed by atoms with Gasteiger partial charge in [-0.1, -0.05) is 0 Å². The number of aromatic nitrogens is 1. The van der Waals surface area contributed by atoms with Gasteiger partial charge in [-0.15, -0.1) is 0 Å². The number of amides is 1. The van der Waals surface area contributed by atoms with E-state index in [4.69, 9.17) is 0 Å². The van der Waals surface area contributed by atoms with Crippen LogP contribution < -0.4 is 10.6 Å². The molecule has 0 radical (unpaired) electrons. The van der Waals surface area contributed by atoms with E-state index in [1.165, 1.54) is 0 Å². The smallest absolute Gasteiger partial charge is 0.267 e. The first-order valence-electron chi connectivity index (χ1n) is 6.44. The van der Waals surface area contributed by atoms with E-state index in [9.17, 15) is 4.79 Å². The van der Waals surface area contributed by atoms with Gasteiger partial charge in [-0.05, 0) is 61.3 Å². The SMILES string of the molecule is CC(C)n1cc(Br)cc1C(=O)NCC1CCNC1. The molecule has 100 valence electrons. The highest BCUT2D eigenvalue weighted by Gasteiger charge is 2.18. The lowest BCUT2D eigenvalue weighted by atomic mass is 10.1. The molecule has 2 rings (SSSR count). The topological polar surface area (TPSA) is 46.1 Å². The van der Waals surface area contributed by atoms with Crippen molar-refractivity contribution >= 4 is 21.8 Å². The van der Waals surface area contributed by atoms with Gasteiger partial charge in [0.2, 0.25) is 0 Å². The molecule has 1 saturated heterocycles. The van der Waals surface area contributed by atoms with Gasteiger partial charge in [-0.25, -0.2) is 0 Å². The summed E-state index contributed by atoms with van der Waals surface area (Å²) in [4.78, 5) is 12.2. The van der Waals surface area contributed by atoms with Crippen LogP contribution in [0, 0.1) is 5.92 Å². The lowest BCUT2D eigenvalue weighted by Crippen LogP contribution is -2.31. The number of halogens is 1. The molecule has 2 heterocycles. The average molecular weight is 314 g/mol. The molecule has 1 amide bonds. The molecule has 5 heteroatoms. The predicted molar refractivity (Wildman–Crippen MR) is 75.8 cm³/mol. The minimum absolute atomic E-state index is 0.0151. The molecule has 1 unspecified atom stereocenters.